The smallest absolute Gasteiger partial charge is 0.322 e. The fourth-order valence-electron chi connectivity index (χ4n) is 3.82. The molecule has 1 saturated heterocycles. The summed E-state index contributed by atoms with van der Waals surface area (Å²) in [5, 5.41) is -0.327. The summed E-state index contributed by atoms with van der Waals surface area (Å²) in [6.45, 7) is 0.163. The Morgan fingerprint density at radius 1 is 1.22 bits per heavy atom. The van der Waals surface area contributed by atoms with Crippen LogP contribution in [0.1, 0.15) is 44.1 Å². The number of carbonyl (C=O) groups excluding carboxylic acids is 2. The van der Waals surface area contributed by atoms with Gasteiger partial charge in [-0.25, -0.2) is 4.90 Å². The molecule has 2 aliphatic heterocycles. The van der Waals surface area contributed by atoms with Gasteiger partial charge < -0.3 is 9.47 Å². The fourth-order valence-corrected chi connectivity index (χ4v) is 4.09. The summed E-state index contributed by atoms with van der Waals surface area (Å²) in [6, 6.07) is 4.66. The van der Waals surface area contributed by atoms with E-state index in [1.54, 1.807) is 24.3 Å². The van der Waals surface area contributed by atoms with Gasteiger partial charge in [0.1, 0.15) is 0 Å². The van der Waals surface area contributed by atoms with Gasteiger partial charge in [-0.3, -0.25) is 9.59 Å². The monoisotopic (exact) mass is 393 g/mol. The normalized spacial score (nSPS) is 28.7. The lowest BCUT2D eigenvalue weighted by Crippen LogP contribution is -2.38. The number of nitrogens with zero attached hydrogens (tertiary/aromatic N) is 1. The molecule has 1 aliphatic carbocycles. The van der Waals surface area contributed by atoms with Crippen molar-refractivity contribution in [2.45, 2.75) is 56.5 Å². The molecule has 0 radical (unpaired) electrons. The van der Waals surface area contributed by atoms with E-state index in [9.17, 15) is 14.0 Å². The summed E-state index contributed by atoms with van der Waals surface area (Å²) in [5.74, 6) is -0.481. The van der Waals surface area contributed by atoms with Gasteiger partial charge in [-0.1, -0.05) is 12.1 Å². The molecular formula is C20H21ClFNO4. The van der Waals surface area contributed by atoms with E-state index in [0.29, 0.717) is 41.7 Å². The molecule has 2 unspecified atom stereocenters. The number of benzene rings is 1. The third-order valence-electron chi connectivity index (χ3n) is 5.23. The van der Waals surface area contributed by atoms with Crippen molar-refractivity contribution < 1.29 is 23.5 Å². The lowest BCUT2D eigenvalue weighted by Gasteiger charge is -2.31. The average molecular weight is 394 g/mol. The van der Waals surface area contributed by atoms with Crippen LogP contribution in [0.5, 0.6) is 0 Å². The standard InChI is InChI=1S/C20H21ClFNO4/c21-14-8-9-26-20(22,11-14)27-12-13-4-3-5-15(10-13)23-18(24)16-6-1-2-7-17(16)19(23)25/h3-5,10,14H,1-2,6-9,11-12H2. The maximum atomic E-state index is 14.6. The van der Waals surface area contributed by atoms with Crippen molar-refractivity contribution in [1.82, 2.24) is 0 Å². The first-order valence-corrected chi connectivity index (χ1v) is 9.71. The third kappa shape index (κ3) is 3.66. The van der Waals surface area contributed by atoms with Crippen LogP contribution in [0.25, 0.3) is 0 Å². The highest BCUT2D eigenvalue weighted by molar-refractivity contribution is 6.33. The van der Waals surface area contributed by atoms with Crippen molar-refractivity contribution in [2.75, 3.05) is 11.5 Å². The van der Waals surface area contributed by atoms with Crippen molar-refractivity contribution in [1.29, 1.82) is 0 Å². The lowest BCUT2D eigenvalue weighted by atomic mass is 9.93. The minimum Gasteiger partial charge on any atom is -0.324 e. The first kappa shape index (κ1) is 18.6. The summed E-state index contributed by atoms with van der Waals surface area (Å²) in [7, 11) is 0. The zero-order chi connectivity index (χ0) is 19.0. The summed E-state index contributed by atoms with van der Waals surface area (Å²) < 4.78 is 25.0. The minimum absolute atomic E-state index is 0.0337. The summed E-state index contributed by atoms with van der Waals surface area (Å²) in [4.78, 5) is 26.6. The molecule has 0 saturated carbocycles. The molecule has 1 aromatic carbocycles. The van der Waals surface area contributed by atoms with Gasteiger partial charge in [-0.05, 0) is 49.8 Å². The molecule has 2 atom stereocenters. The highest BCUT2D eigenvalue weighted by atomic mass is 35.5. The molecule has 1 aromatic rings. The van der Waals surface area contributed by atoms with Crippen molar-refractivity contribution in [3.63, 3.8) is 0 Å². The highest BCUT2D eigenvalue weighted by Gasteiger charge is 2.40. The predicted molar refractivity (Wildman–Crippen MR) is 97.9 cm³/mol. The highest BCUT2D eigenvalue weighted by Crippen LogP contribution is 2.36. The third-order valence-corrected chi connectivity index (χ3v) is 5.60. The van der Waals surface area contributed by atoms with E-state index in [0.717, 1.165) is 12.8 Å². The fraction of sp³-hybridized carbons (Fsp3) is 0.500. The van der Waals surface area contributed by atoms with Crippen LogP contribution in [0.3, 0.4) is 0 Å². The molecule has 7 heteroatoms. The van der Waals surface area contributed by atoms with E-state index in [1.165, 1.54) is 4.90 Å². The number of ether oxygens (including phenoxy) is 2. The van der Waals surface area contributed by atoms with Gasteiger partial charge in [0.05, 0.1) is 25.3 Å². The second-order valence-electron chi connectivity index (χ2n) is 7.17. The SMILES string of the molecule is O=C1C2=C(CCCC2)C(=O)N1c1cccc(COC2(F)CC(Cl)CCO2)c1. The van der Waals surface area contributed by atoms with Crippen LogP contribution in [0.15, 0.2) is 35.4 Å². The van der Waals surface area contributed by atoms with E-state index < -0.39 is 6.04 Å². The number of rotatable bonds is 4. The number of halogens is 2. The van der Waals surface area contributed by atoms with Crippen LogP contribution in [0.4, 0.5) is 10.1 Å². The Hall–Kier alpha value is -1.76. The number of imide groups is 1. The predicted octanol–water partition coefficient (Wildman–Crippen LogP) is 3.99. The number of amides is 2. The average Bonchev–Trinajstić information content (AvgIpc) is 2.91. The van der Waals surface area contributed by atoms with Gasteiger partial charge >= 0.3 is 6.04 Å². The second kappa shape index (κ2) is 7.34. The van der Waals surface area contributed by atoms with Crippen LogP contribution in [-0.2, 0) is 25.7 Å². The molecule has 1 fully saturated rings. The summed E-state index contributed by atoms with van der Waals surface area (Å²) in [6.07, 6.45) is 3.72. The quantitative estimate of drug-likeness (QED) is 0.573. The molecule has 2 heterocycles. The molecular weight excluding hydrogens is 373 g/mol. The van der Waals surface area contributed by atoms with Crippen LogP contribution in [-0.4, -0.2) is 29.8 Å². The zero-order valence-corrected chi connectivity index (χ0v) is 15.6. The van der Waals surface area contributed by atoms with Gasteiger partial charge in [-0.2, -0.15) is 4.39 Å². The maximum Gasteiger partial charge on any atom is 0.322 e. The van der Waals surface area contributed by atoms with E-state index in [1.807, 2.05) is 0 Å². The van der Waals surface area contributed by atoms with E-state index >= 15 is 0 Å². The van der Waals surface area contributed by atoms with Crippen molar-refractivity contribution in [3.8, 4) is 0 Å². The zero-order valence-electron chi connectivity index (χ0n) is 14.9. The molecule has 144 valence electrons. The van der Waals surface area contributed by atoms with E-state index in [-0.39, 0.29) is 36.8 Å². The molecule has 0 spiro atoms. The van der Waals surface area contributed by atoms with Crippen molar-refractivity contribution in [3.05, 3.63) is 41.0 Å². The Balaban J connectivity index is 1.48. The van der Waals surface area contributed by atoms with Crippen molar-refractivity contribution in [2.24, 2.45) is 0 Å². The number of anilines is 1. The van der Waals surface area contributed by atoms with E-state index in [2.05, 4.69) is 0 Å². The van der Waals surface area contributed by atoms with Gasteiger partial charge in [0.15, 0.2) is 0 Å². The Morgan fingerprint density at radius 2 is 1.93 bits per heavy atom. The Labute approximate surface area is 162 Å². The Bertz CT molecular complexity index is 783. The molecule has 2 amide bonds. The van der Waals surface area contributed by atoms with Crippen LogP contribution in [0, 0.1) is 0 Å². The summed E-state index contributed by atoms with van der Waals surface area (Å²) in [5.41, 5.74) is 2.40. The van der Waals surface area contributed by atoms with Gasteiger partial charge in [0.2, 0.25) is 0 Å². The molecule has 0 bridgehead atoms. The molecule has 27 heavy (non-hydrogen) atoms. The first-order chi connectivity index (χ1) is 13.0. The largest absolute Gasteiger partial charge is 0.324 e. The number of carbonyl (C=O) groups is 2. The van der Waals surface area contributed by atoms with Gasteiger partial charge in [0, 0.05) is 16.5 Å². The first-order valence-electron chi connectivity index (χ1n) is 9.27. The number of hydrogen-bond donors (Lipinski definition) is 0. The van der Waals surface area contributed by atoms with Gasteiger partial charge in [0.25, 0.3) is 11.8 Å². The lowest BCUT2D eigenvalue weighted by molar-refractivity contribution is -0.336. The Kier molecular flexibility index (Phi) is 5.05. The van der Waals surface area contributed by atoms with E-state index in [4.69, 9.17) is 21.1 Å². The molecule has 5 nitrogen and oxygen atoms in total. The Morgan fingerprint density at radius 3 is 2.59 bits per heavy atom. The minimum atomic E-state index is -2.21. The topological polar surface area (TPSA) is 55.8 Å². The molecule has 0 aromatic heterocycles. The summed E-state index contributed by atoms with van der Waals surface area (Å²) >= 11 is 6.00. The van der Waals surface area contributed by atoms with Crippen LogP contribution >= 0.6 is 11.6 Å². The van der Waals surface area contributed by atoms with Crippen molar-refractivity contribution >= 4 is 29.1 Å². The molecule has 4 rings (SSSR count). The van der Waals surface area contributed by atoms with Crippen LogP contribution < -0.4 is 4.90 Å². The van der Waals surface area contributed by atoms with Crippen LogP contribution in [0.2, 0.25) is 0 Å². The number of hydrogen-bond acceptors (Lipinski definition) is 4. The van der Waals surface area contributed by atoms with Gasteiger partial charge in [-0.15, -0.1) is 11.6 Å². The maximum absolute atomic E-state index is 14.6. The number of alkyl halides is 2. The second-order valence-corrected chi connectivity index (χ2v) is 7.78. The molecule has 0 N–H and O–H groups in total. The molecule has 3 aliphatic rings.